The molecule has 22 valence electrons. The zero-order valence-corrected chi connectivity index (χ0v) is 6.63. The van der Waals surface area contributed by atoms with Crippen molar-refractivity contribution < 1.29 is 0 Å². The first-order chi connectivity index (χ1) is 2.00. The standard InChI is InChI=1S/C2H2Te2/c1-2-4-3-1/h1-2H. The zero-order chi connectivity index (χ0) is 2.83. The molecule has 0 radical (unpaired) electrons. The van der Waals surface area contributed by atoms with Crippen LogP contribution in [0.15, 0.2) is 8.16 Å². The second-order valence-electron chi connectivity index (χ2n) is 0.465. The molecule has 0 amide bonds. The van der Waals surface area contributed by atoms with Crippen molar-refractivity contribution in [1.82, 2.24) is 0 Å². The molecule has 2 heteroatoms. The summed E-state index contributed by atoms with van der Waals surface area (Å²) in [4.78, 5) is 0. The van der Waals surface area contributed by atoms with Crippen LogP contribution in [0.2, 0.25) is 0 Å². The van der Waals surface area contributed by atoms with Gasteiger partial charge in [-0.3, -0.25) is 0 Å². The summed E-state index contributed by atoms with van der Waals surface area (Å²) in [6, 6.07) is 0. The quantitative estimate of drug-likeness (QED) is 0.578. The van der Waals surface area contributed by atoms with Gasteiger partial charge in [-0.15, -0.1) is 0 Å². The van der Waals surface area contributed by atoms with Crippen LogP contribution < -0.4 is 0 Å². The molecule has 0 saturated carbocycles. The molecule has 0 unspecified atom stereocenters. The molecule has 0 aliphatic carbocycles. The number of hydrogen-bond donors (Lipinski definition) is 0. The fourth-order valence-corrected chi connectivity index (χ4v) is 2.50. The van der Waals surface area contributed by atoms with Crippen molar-refractivity contribution in [2.75, 3.05) is 0 Å². The van der Waals surface area contributed by atoms with Crippen LogP contribution in [0.25, 0.3) is 0 Å². The van der Waals surface area contributed by atoms with Crippen LogP contribution in [0.4, 0.5) is 0 Å². The summed E-state index contributed by atoms with van der Waals surface area (Å²) in [7, 11) is 0. The van der Waals surface area contributed by atoms with Crippen molar-refractivity contribution >= 4 is 33.0 Å². The van der Waals surface area contributed by atoms with E-state index in [4.69, 9.17) is 0 Å². The molecule has 1 rings (SSSR count). The Morgan fingerprint density at radius 1 is 1.00 bits per heavy atom. The first kappa shape index (κ1) is 3.51. The molecule has 0 N–H and O–H groups in total. The van der Waals surface area contributed by atoms with Gasteiger partial charge in [-0.05, 0) is 0 Å². The van der Waals surface area contributed by atoms with Gasteiger partial charge in [-0.2, -0.15) is 0 Å². The van der Waals surface area contributed by atoms with E-state index in [-0.39, 0.29) is 0 Å². The summed E-state index contributed by atoms with van der Waals surface area (Å²) in [6.45, 7) is 0. The summed E-state index contributed by atoms with van der Waals surface area (Å²) in [6.07, 6.45) is 0. The molecular weight excluding hydrogens is 279 g/mol. The van der Waals surface area contributed by atoms with Crippen molar-refractivity contribution in [1.29, 1.82) is 0 Å². The van der Waals surface area contributed by atoms with Crippen LogP contribution in [-0.4, -0.2) is 33.0 Å². The van der Waals surface area contributed by atoms with Crippen LogP contribution in [-0.2, 0) is 0 Å². The Morgan fingerprint density at radius 3 is 1.25 bits per heavy atom. The Balaban J connectivity index is 3.00. The minimum atomic E-state index is 0.612. The average Bonchev–Trinajstić information content (AvgIpc) is 0.722. The maximum absolute atomic E-state index is 2.37. The van der Waals surface area contributed by atoms with E-state index < -0.39 is 0 Å². The van der Waals surface area contributed by atoms with Gasteiger partial charge in [0.2, 0.25) is 0 Å². The van der Waals surface area contributed by atoms with E-state index in [1.54, 1.807) is 0 Å². The molecule has 0 aliphatic rings. The van der Waals surface area contributed by atoms with Crippen LogP contribution in [0, 0.1) is 0 Å². The summed E-state index contributed by atoms with van der Waals surface area (Å²) >= 11 is 1.22. The summed E-state index contributed by atoms with van der Waals surface area (Å²) in [5.74, 6) is 0. The summed E-state index contributed by atoms with van der Waals surface area (Å²) < 4.78 is 4.74. The third-order valence-electron chi connectivity index (χ3n) is 0.222. The zero-order valence-electron chi connectivity index (χ0n) is 1.97. The molecule has 0 bridgehead atoms. The fraction of sp³-hybridized carbons (Fsp3) is 0. The predicted molar refractivity (Wildman–Crippen MR) is 20.3 cm³/mol. The first-order valence-electron chi connectivity index (χ1n) is 0.971. The molecule has 1 aromatic rings. The molecule has 0 aromatic carbocycles. The number of hydrogen-bond acceptors (Lipinski definition) is 0. The Morgan fingerprint density at radius 2 is 1.25 bits per heavy atom. The van der Waals surface area contributed by atoms with Gasteiger partial charge in [0, 0.05) is 0 Å². The molecule has 1 aromatic heterocycles. The Kier molecular flexibility index (Phi) is 1.47. The maximum atomic E-state index is 2.37. The third-order valence-corrected chi connectivity index (χ3v) is 10.0. The van der Waals surface area contributed by atoms with E-state index in [1.165, 1.54) is 0 Å². The molecule has 0 saturated heterocycles. The molecule has 0 fully saturated rings. The third kappa shape index (κ3) is 0.631. The van der Waals surface area contributed by atoms with Gasteiger partial charge >= 0.3 is 41.1 Å². The Hall–Kier alpha value is 1.32. The van der Waals surface area contributed by atoms with E-state index in [1.807, 2.05) is 0 Å². The molecule has 0 spiro atoms. The Labute approximate surface area is 40.8 Å². The molecule has 0 aliphatic heterocycles. The van der Waals surface area contributed by atoms with Gasteiger partial charge in [0.25, 0.3) is 0 Å². The van der Waals surface area contributed by atoms with E-state index in [0.717, 1.165) is 0 Å². The van der Waals surface area contributed by atoms with Crippen LogP contribution >= 0.6 is 0 Å². The van der Waals surface area contributed by atoms with E-state index in [0.29, 0.717) is 33.0 Å². The van der Waals surface area contributed by atoms with Gasteiger partial charge in [-0.1, -0.05) is 0 Å². The SMILES string of the molecule is c1c[te][te]1. The van der Waals surface area contributed by atoms with Crippen molar-refractivity contribution in [3.63, 3.8) is 0 Å². The molecule has 4 heavy (non-hydrogen) atoms. The molecular formula is C2H2Te2. The van der Waals surface area contributed by atoms with Gasteiger partial charge in [0.15, 0.2) is 0 Å². The van der Waals surface area contributed by atoms with E-state index >= 15 is 0 Å². The van der Waals surface area contributed by atoms with Crippen LogP contribution in [0.1, 0.15) is 0 Å². The van der Waals surface area contributed by atoms with Gasteiger partial charge in [0.1, 0.15) is 0 Å². The topological polar surface area (TPSA) is 0 Å². The number of rotatable bonds is 0. The predicted octanol–water partition coefficient (Wildman–Crippen LogP) is -0.199. The van der Waals surface area contributed by atoms with Gasteiger partial charge < -0.3 is 0 Å². The van der Waals surface area contributed by atoms with Crippen molar-refractivity contribution in [3.05, 3.63) is 8.16 Å². The van der Waals surface area contributed by atoms with Crippen LogP contribution in [0.5, 0.6) is 0 Å². The normalized spacial score (nSPS) is 8.00. The fourth-order valence-electron chi connectivity index (χ4n) is 0.0556. The average molecular weight is 281 g/mol. The Bertz CT molecular complexity index is 45.8. The molecule has 0 nitrogen and oxygen atoms in total. The second-order valence-corrected chi connectivity index (χ2v) is 10.5. The van der Waals surface area contributed by atoms with E-state index in [9.17, 15) is 0 Å². The van der Waals surface area contributed by atoms with Crippen molar-refractivity contribution in [3.8, 4) is 0 Å². The van der Waals surface area contributed by atoms with Crippen molar-refractivity contribution in [2.24, 2.45) is 0 Å². The minimum absolute atomic E-state index is 0.612. The second kappa shape index (κ2) is 1.68. The van der Waals surface area contributed by atoms with E-state index in [2.05, 4.69) is 8.16 Å². The molecule has 0 atom stereocenters. The van der Waals surface area contributed by atoms with Gasteiger partial charge in [-0.25, -0.2) is 0 Å². The summed E-state index contributed by atoms with van der Waals surface area (Å²) in [5.41, 5.74) is 0. The van der Waals surface area contributed by atoms with Crippen LogP contribution in [0.3, 0.4) is 0 Å². The molecule has 1 heterocycles. The first-order valence-corrected chi connectivity index (χ1v) is 11.0. The van der Waals surface area contributed by atoms with Crippen molar-refractivity contribution in [2.45, 2.75) is 0 Å². The van der Waals surface area contributed by atoms with Gasteiger partial charge in [0.05, 0.1) is 0 Å². The summed E-state index contributed by atoms with van der Waals surface area (Å²) in [5, 5.41) is 0. The monoisotopic (exact) mass is 286 g/mol.